The van der Waals surface area contributed by atoms with Gasteiger partial charge in [0.15, 0.2) is 11.6 Å². The van der Waals surface area contributed by atoms with E-state index >= 15 is 0 Å². The molecule has 0 N–H and O–H groups in total. The van der Waals surface area contributed by atoms with Crippen molar-refractivity contribution in [3.05, 3.63) is 78.2 Å². The minimum absolute atomic E-state index is 0.223. The second kappa shape index (κ2) is 7.93. The Labute approximate surface area is 173 Å². The fourth-order valence-electron chi connectivity index (χ4n) is 3.76. The average Bonchev–Trinajstić information content (AvgIpc) is 3.40. The van der Waals surface area contributed by atoms with Crippen LogP contribution in [0, 0.1) is 5.82 Å². The third-order valence-corrected chi connectivity index (χ3v) is 6.46. The van der Waals surface area contributed by atoms with E-state index in [0.29, 0.717) is 5.75 Å². The van der Waals surface area contributed by atoms with Gasteiger partial charge in [-0.1, -0.05) is 36.4 Å². The number of rotatable bonds is 5. The lowest BCUT2D eigenvalue weighted by Gasteiger charge is -2.14. The molecule has 1 aliphatic heterocycles. The first-order valence-electron chi connectivity index (χ1n) is 9.89. The van der Waals surface area contributed by atoms with Crippen LogP contribution in [0.3, 0.4) is 0 Å². The Hall–Kier alpha value is -2.76. The predicted octanol–water partition coefficient (Wildman–Crippen LogP) is 6.49. The summed E-state index contributed by atoms with van der Waals surface area (Å²) in [6, 6.07) is 19.1. The zero-order valence-electron chi connectivity index (χ0n) is 16.0. The molecule has 0 unspecified atom stereocenters. The molecule has 2 aromatic carbocycles. The molecular weight excluding hydrogens is 383 g/mol. The van der Waals surface area contributed by atoms with Crippen LogP contribution in [-0.4, -0.2) is 23.0 Å². The molecule has 0 atom stereocenters. The van der Waals surface area contributed by atoms with Crippen molar-refractivity contribution in [1.29, 1.82) is 0 Å². The number of likely N-dealkylation sites (tertiary alicyclic amines) is 1. The largest absolute Gasteiger partial charge is 0.453 e. The van der Waals surface area contributed by atoms with Gasteiger partial charge in [-0.05, 0) is 55.3 Å². The number of fused-ring (bicyclic) bond motifs is 1. The van der Waals surface area contributed by atoms with Gasteiger partial charge < -0.3 is 4.74 Å². The highest BCUT2D eigenvalue weighted by atomic mass is 32.1. The van der Waals surface area contributed by atoms with Crippen molar-refractivity contribution in [2.24, 2.45) is 0 Å². The molecule has 0 aliphatic carbocycles. The molecule has 0 bridgehead atoms. The van der Waals surface area contributed by atoms with Crippen LogP contribution in [0.2, 0.25) is 0 Å². The molecule has 1 aliphatic rings. The number of hydrogen-bond donors (Lipinski definition) is 0. The smallest absolute Gasteiger partial charge is 0.165 e. The second-order valence-corrected chi connectivity index (χ2v) is 8.40. The van der Waals surface area contributed by atoms with Crippen LogP contribution in [0.4, 0.5) is 4.39 Å². The Kier molecular flexibility index (Phi) is 5.00. The van der Waals surface area contributed by atoms with E-state index in [-0.39, 0.29) is 11.6 Å². The SMILES string of the molecule is Fc1ccccc1Oc1ccnc2cc(-c3ccc(CN4CCCC4)cc3)sc12. The molecule has 4 aromatic rings. The topological polar surface area (TPSA) is 25.4 Å². The third-order valence-electron chi connectivity index (χ3n) is 5.28. The lowest BCUT2D eigenvalue weighted by molar-refractivity contribution is 0.331. The van der Waals surface area contributed by atoms with E-state index < -0.39 is 0 Å². The molecule has 0 radical (unpaired) electrons. The van der Waals surface area contributed by atoms with Crippen molar-refractivity contribution in [3.63, 3.8) is 0 Å². The number of ether oxygens (including phenoxy) is 1. The van der Waals surface area contributed by atoms with Gasteiger partial charge in [0, 0.05) is 23.7 Å². The minimum atomic E-state index is -0.372. The fourth-order valence-corrected chi connectivity index (χ4v) is 4.83. The number of halogens is 1. The summed E-state index contributed by atoms with van der Waals surface area (Å²) < 4.78 is 20.8. The zero-order valence-corrected chi connectivity index (χ0v) is 16.8. The van der Waals surface area contributed by atoms with Gasteiger partial charge in [0.2, 0.25) is 0 Å². The zero-order chi connectivity index (χ0) is 19.6. The van der Waals surface area contributed by atoms with Crippen LogP contribution in [0.25, 0.3) is 20.7 Å². The van der Waals surface area contributed by atoms with E-state index in [1.165, 1.54) is 37.6 Å². The molecular formula is C24H21FN2OS. The minimum Gasteiger partial charge on any atom is -0.453 e. The van der Waals surface area contributed by atoms with Gasteiger partial charge in [-0.2, -0.15) is 0 Å². The van der Waals surface area contributed by atoms with Crippen molar-refractivity contribution in [3.8, 4) is 21.9 Å². The Morgan fingerprint density at radius 3 is 2.55 bits per heavy atom. The molecule has 5 rings (SSSR count). The number of thiophene rings is 1. The quantitative estimate of drug-likeness (QED) is 0.380. The molecule has 3 heterocycles. The van der Waals surface area contributed by atoms with E-state index in [1.807, 2.05) is 0 Å². The molecule has 2 aromatic heterocycles. The normalized spacial score (nSPS) is 14.5. The van der Waals surface area contributed by atoms with Crippen molar-refractivity contribution >= 4 is 21.6 Å². The van der Waals surface area contributed by atoms with Gasteiger partial charge in [-0.3, -0.25) is 9.88 Å². The van der Waals surface area contributed by atoms with Crippen molar-refractivity contribution < 1.29 is 9.13 Å². The lowest BCUT2D eigenvalue weighted by atomic mass is 10.1. The summed E-state index contributed by atoms with van der Waals surface area (Å²) in [5.41, 5.74) is 3.37. The van der Waals surface area contributed by atoms with Crippen molar-refractivity contribution in [1.82, 2.24) is 9.88 Å². The first kappa shape index (κ1) is 18.3. The number of hydrogen-bond acceptors (Lipinski definition) is 4. The van der Waals surface area contributed by atoms with Crippen LogP contribution in [0.1, 0.15) is 18.4 Å². The third kappa shape index (κ3) is 3.88. The molecule has 29 heavy (non-hydrogen) atoms. The summed E-state index contributed by atoms with van der Waals surface area (Å²) in [5.74, 6) is 0.478. The van der Waals surface area contributed by atoms with Crippen LogP contribution < -0.4 is 4.74 Å². The van der Waals surface area contributed by atoms with Crippen molar-refractivity contribution in [2.75, 3.05) is 13.1 Å². The Balaban J connectivity index is 1.42. The highest BCUT2D eigenvalue weighted by Gasteiger charge is 2.14. The summed E-state index contributed by atoms with van der Waals surface area (Å²) in [6.45, 7) is 3.43. The van der Waals surface area contributed by atoms with Crippen LogP contribution in [0.15, 0.2) is 66.9 Å². The predicted molar refractivity (Wildman–Crippen MR) is 116 cm³/mol. The van der Waals surface area contributed by atoms with Gasteiger partial charge >= 0.3 is 0 Å². The Morgan fingerprint density at radius 2 is 1.76 bits per heavy atom. The van der Waals surface area contributed by atoms with Crippen LogP contribution in [-0.2, 0) is 6.54 Å². The molecule has 146 valence electrons. The summed E-state index contributed by atoms with van der Waals surface area (Å²) in [4.78, 5) is 8.10. The lowest BCUT2D eigenvalue weighted by Crippen LogP contribution is -2.18. The van der Waals surface area contributed by atoms with Gasteiger partial charge in [0.1, 0.15) is 5.75 Å². The number of benzene rings is 2. The van der Waals surface area contributed by atoms with Crippen LogP contribution in [0.5, 0.6) is 11.5 Å². The maximum Gasteiger partial charge on any atom is 0.165 e. The number of aromatic nitrogens is 1. The Morgan fingerprint density at radius 1 is 0.966 bits per heavy atom. The number of pyridine rings is 1. The number of para-hydroxylation sites is 1. The van der Waals surface area contributed by atoms with Gasteiger partial charge in [-0.15, -0.1) is 11.3 Å². The monoisotopic (exact) mass is 404 g/mol. The summed E-state index contributed by atoms with van der Waals surface area (Å²) in [6.07, 6.45) is 4.32. The molecule has 3 nitrogen and oxygen atoms in total. The molecule has 0 saturated carbocycles. The molecule has 0 spiro atoms. The summed E-state index contributed by atoms with van der Waals surface area (Å²) in [5, 5.41) is 0. The van der Waals surface area contributed by atoms with E-state index in [2.05, 4.69) is 40.2 Å². The summed E-state index contributed by atoms with van der Waals surface area (Å²) in [7, 11) is 0. The van der Waals surface area contributed by atoms with Crippen LogP contribution >= 0.6 is 11.3 Å². The standard InChI is InChI=1S/C24H21FN2OS/c25-19-5-1-2-6-21(19)28-22-11-12-26-20-15-23(29-24(20)22)18-9-7-17(8-10-18)16-27-13-3-4-14-27/h1-2,5-12,15H,3-4,13-14,16H2. The molecule has 1 fully saturated rings. The van der Waals surface area contributed by atoms with E-state index in [9.17, 15) is 4.39 Å². The molecule has 0 amide bonds. The Bertz CT molecular complexity index is 1130. The maximum atomic E-state index is 14.0. The van der Waals surface area contributed by atoms with Gasteiger partial charge in [0.05, 0.1) is 10.2 Å². The highest BCUT2D eigenvalue weighted by Crippen LogP contribution is 2.39. The highest BCUT2D eigenvalue weighted by molar-refractivity contribution is 7.22. The molecule has 1 saturated heterocycles. The first-order valence-corrected chi connectivity index (χ1v) is 10.7. The fraction of sp³-hybridized carbons (Fsp3) is 0.208. The average molecular weight is 405 g/mol. The van der Waals surface area contributed by atoms with E-state index in [4.69, 9.17) is 4.74 Å². The summed E-state index contributed by atoms with van der Waals surface area (Å²) >= 11 is 1.62. The first-order chi connectivity index (χ1) is 14.3. The van der Waals surface area contributed by atoms with E-state index in [1.54, 1.807) is 41.8 Å². The molecule has 5 heteroatoms. The van der Waals surface area contributed by atoms with Gasteiger partial charge in [0.25, 0.3) is 0 Å². The van der Waals surface area contributed by atoms with Gasteiger partial charge in [-0.25, -0.2) is 4.39 Å². The number of nitrogens with zero attached hydrogens (tertiary/aromatic N) is 2. The maximum absolute atomic E-state index is 14.0. The second-order valence-electron chi connectivity index (χ2n) is 7.35. The van der Waals surface area contributed by atoms with E-state index in [0.717, 1.165) is 27.2 Å². The van der Waals surface area contributed by atoms with Crippen molar-refractivity contribution in [2.45, 2.75) is 19.4 Å².